The van der Waals surface area contributed by atoms with Crippen molar-refractivity contribution in [2.45, 2.75) is 0 Å². The number of rotatable bonds is 11. The molecule has 27 aromatic rings. The third kappa shape index (κ3) is 12.7. The summed E-state index contributed by atoms with van der Waals surface area (Å²) in [6.45, 7) is 0. The second kappa shape index (κ2) is 31.2. The summed E-state index contributed by atoms with van der Waals surface area (Å²) in [6.07, 6.45) is 6.04. The largest absolute Gasteiger partial charge is 0.309 e. The fourth-order valence-corrected chi connectivity index (χ4v) is 19.6. The topological polar surface area (TPSA) is 107 Å². The van der Waals surface area contributed by atoms with Crippen molar-refractivity contribution in [1.82, 2.24) is 57.3 Å². The Kier molecular flexibility index (Phi) is 18.0. The molecule has 608 valence electrons. The molecular formula is C118H76N12. The zero-order valence-corrected chi connectivity index (χ0v) is 70.2. The second-order valence-electron chi connectivity index (χ2n) is 33.0. The molecule has 0 spiro atoms. The fraction of sp³-hybridized carbons (Fsp3) is 0. The highest BCUT2D eigenvalue weighted by molar-refractivity contribution is 6.16. The van der Waals surface area contributed by atoms with Crippen molar-refractivity contribution in [1.29, 1.82) is 0 Å². The van der Waals surface area contributed by atoms with Crippen molar-refractivity contribution in [3.8, 4) is 90.8 Å². The molecule has 12 heteroatoms. The van der Waals surface area contributed by atoms with E-state index in [-0.39, 0.29) is 0 Å². The lowest BCUT2D eigenvalue weighted by Gasteiger charge is -2.11. The van der Waals surface area contributed by atoms with Gasteiger partial charge in [0.2, 0.25) is 5.95 Å². The number of para-hydroxylation sites is 10. The zero-order valence-electron chi connectivity index (χ0n) is 70.2. The first-order valence-electron chi connectivity index (χ1n) is 43.9. The maximum Gasteiger partial charge on any atom is 0.238 e. The van der Waals surface area contributed by atoms with Crippen molar-refractivity contribution in [3.63, 3.8) is 0 Å². The Balaban J connectivity index is 0.000000106. The molecule has 0 fully saturated rings. The molecule has 130 heavy (non-hydrogen) atoms. The number of benzene rings is 17. The quantitative estimate of drug-likeness (QED) is 0.128. The third-order valence-corrected chi connectivity index (χ3v) is 25.5. The Morgan fingerprint density at radius 3 is 0.900 bits per heavy atom. The summed E-state index contributed by atoms with van der Waals surface area (Å²) in [5, 5.41) is 16.9. The van der Waals surface area contributed by atoms with Crippen LogP contribution >= 0.6 is 0 Å². The Bertz CT molecular complexity index is 8890. The minimum absolute atomic E-state index is 0.577. The van der Waals surface area contributed by atoms with E-state index in [0.29, 0.717) is 17.6 Å². The lowest BCUT2D eigenvalue weighted by molar-refractivity contribution is 0.953. The second-order valence-corrected chi connectivity index (χ2v) is 33.0. The van der Waals surface area contributed by atoms with E-state index in [1.807, 2.05) is 85.3 Å². The molecule has 10 heterocycles. The van der Waals surface area contributed by atoms with Crippen LogP contribution in [0.3, 0.4) is 0 Å². The van der Waals surface area contributed by atoms with Crippen molar-refractivity contribution in [2.75, 3.05) is 0 Å². The minimum atomic E-state index is 0.577. The standard InChI is InChI=1S/C44H28N6.C39H25N3.C35H23N3/c1-4-14-29(15-5-1)41-46-42(30-16-6-2-7-17-30)48-44(47-41)50-39-23-13-10-20-34(39)36-26-31(24-25-40(36)50)32-27-37-35-21-11-12-22-38(35)49(43(37)45-28-32)33-18-8-3-9-19-33;1-2-12-29(13-3-1)41-36-16-8-7-15-32(36)34-24-35(40-25-39(34)41)28-19-21-38-33(23-28)31-14-6-9-17-37(31)42(38)30-20-18-26-10-4-5-11-27(26)22-30;1-3-11-25(12-4-1)37-32-17-9-7-15-27(32)29-21-24(19-20-34(29)37)31-22-30-28-16-8-10-18-33(28)38(35(30)23-36-31)26-13-5-2-6-14-26/h1-28H;1-25H;1-23H. The third-order valence-electron chi connectivity index (χ3n) is 25.5. The van der Waals surface area contributed by atoms with Gasteiger partial charge in [-0.2, -0.15) is 9.97 Å². The Hall–Kier alpha value is -17.7. The number of hydrogen-bond acceptors (Lipinski definition) is 6. The van der Waals surface area contributed by atoms with Gasteiger partial charge in [-0.15, -0.1) is 0 Å². The highest BCUT2D eigenvalue weighted by Crippen LogP contribution is 2.44. The van der Waals surface area contributed by atoms with E-state index >= 15 is 0 Å². The van der Waals surface area contributed by atoms with E-state index in [4.69, 9.17) is 29.9 Å². The molecule has 0 unspecified atom stereocenters. The first-order valence-corrected chi connectivity index (χ1v) is 43.9. The first-order chi connectivity index (χ1) is 64.5. The Morgan fingerprint density at radius 2 is 0.462 bits per heavy atom. The lowest BCUT2D eigenvalue weighted by Crippen LogP contribution is -2.06. The number of nitrogens with zero attached hydrogens (tertiary/aromatic N) is 12. The van der Waals surface area contributed by atoms with Crippen LogP contribution < -0.4 is 0 Å². The van der Waals surface area contributed by atoms with Gasteiger partial charge < -0.3 is 18.3 Å². The van der Waals surface area contributed by atoms with E-state index in [2.05, 4.69) is 404 Å². The maximum absolute atomic E-state index is 5.07. The van der Waals surface area contributed by atoms with Crippen LogP contribution in [0.4, 0.5) is 0 Å². The molecule has 27 rings (SSSR count). The Morgan fingerprint density at radius 1 is 0.154 bits per heavy atom. The molecule has 0 amide bonds. The maximum atomic E-state index is 5.07. The molecule has 0 aliphatic heterocycles. The summed E-state index contributed by atoms with van der Waals surface area (Å²) in [5.74, 6) is 1.84. The van der Waals surface area contributed by atoms with Gasteiger partial charge >= 0.3 is 0 Å². The fourth-order valence-electron chi connectivity index (χ4n) is 19.6. The lowest BCUT2D eigenvalue weighted by atomic mass is 10.0. The Labute approximate surface area is 746 Å². The van der Waals surface area contributed by atoms with Gasteiger partial charge in [-0.05, 0) is 168 Å². The predicted molar refractivity (Wildman–Crippen MR) is 537 cm³/mol. The van der Waals surface area contributed by atoms with Gasteiger partial charge in [0.15, 0.2) is 11.6 Å². The molecule has 0 atom stereocenters. The van der Waals surface area contributed by atoms with E-state index in [9.17, 15) is 0 Å². The summed E-state index contributed by atoms with van der Waals surface area (Å²) in [5.41, 5.74) is 27.5. The smallest absolute Gasteiger partial charge is 0.238 e. The summed E-state index contributed by atoms with van der Waals surface area (Å²) in [4.78, 5) is 30.1. The molecule has 0 N–H and O–H groups in total. The molecular weight excluding hydrogens is 1590 g/mol. The van der Waals surface area contributed by atoms with Crippen molar-refractivity contribution >= 4 is 142 Å². The zero-order chi connectivity index (χ0) is 85.7. The first kappa shape index (κ1) is 74.8. The number of fused-ring (bicyclic) bond motifs is 19. The van der Waals surface area contributed by atoms with Crippen molar-refractivity contribution in [3.05, 3.63) is 461 Å². The van der Waals surface area contributed by atoms with E-state index in [0.717, 1.165) is 111 Å². The predicted octanol–water partition coefficient (Wildman–Crippen LogP) is 29.5. The normalized spacial score (nSPS) is 11.7. The molecule has 12 nitrogen and oxygen atoms in total. The molecule has 10 aromatic heterocycles. The molecule has 0 saturated heterocycles. The van der Waals surface area contributed by atoms with Gasteiger partial charge in [-0.3, -0.25) is 19.1 Å². The molecule has 17 aromatic carbocycles. The van der Waals surface area contributed by atoms with E-state index in [1.54, 1.807) is 0 Å². The average Bonchev–Trinajstić information content (AvgIpc) is 1.68. The van der Waals surface area contributed by atoms with E-state index in [1.165, 1.54) is 104 Å². The molecule has 0 aliphatic carbocycles. The highest BCUT2D eigenvalue weighted by atomic mass is 15.2. The number of pyridine rings is 3. The van der Waals surface area contributed by atoms with Crippen LogP contribution in [0.2, 0.25) is 0 Å². The SMILES string of the molecule is c1ccc(-c2nc(-c3ccccc3)nc(-n3c4ccccc4c4cc(-c5cnc6c(c5)c5ccccc5n6-c5ccccc5)ccc43)n2)cc1.c1ccc(-n2c3ccccc3c3cc(-c4cc5c6ccccc6n(-c6ccccc6)c5cn4)ccc32)cc1.c1ccc(-n2c3ccccc3c3cc(-c4ccc5c(c4)c4ccccc4n5-c4ccc5ccccc5c4)ncc32)cc1. The van der Waals surface area contributed by atoms with E-state index < -0.39 is 0 Å². The van der Waals surface area contributed by atoms with Gasteiger partial charge in [-0.25, -0.2) is 9.97 Å². The molecule has 0 radical (unpaired) electrons. The van der Waals surface area contributed by atoms with Crippen LogP contribution in [0.5, 0.6) is 0 Å². The van der Waals surface area contributed by atoms with Crippen molar-refractivity contribution < 1.29 is 0 Å². The highest BCUT2D eigenvalue weighted by Gasteiger charge is 2.24. The monoisotopic (exact) mass is 1660 g/mol. The van der Waals surface area contributed by atoms with Crippen LogP contribution in [0.25, 0.3) is 233 Å². The summed E-state index contributed by atoms with van der Waals surface area (Å²) < 4.78 is 13.7. The van der Waals surface area contributed by atoms with Gasteiger partial charge in [0, 0.05) is 127 Å². The molecule has 0 aliphatic rings. The van der Waals surface area contributed by atoms with Gasteiger partial charge in [0.1, 0.15) is 5.65 Å². The van der Waals surface area contributed by atoms with Crippen LogP contribution in [-0.4, -0.2) is 57.3 Å². The van der Waals surface area contributed by atoms with Crippen LogP contribution in [0.15, 0.2) is 461 Å². The average molecular weight is 1660 g/mol. The number of hydrogen-bond donors (Lipinski definition) is 0. The minimum Gasteiger partial charge on any atom is -0.309 e. The van der Waals surface area contributed by atoms with Crippen LogP contribution in [-0.2, 0) is 0 Å². The van der Waals surface area contributed by atoms with Crippen LogP contribution in [0.1, 0.15) is 0 Å². The van der Waals surface area contributed by atoms with Gasteiger partial charge in [-0.1, -0.05) is 291 Å². The number of aromatic nitrogens is 12. The van der Waals surface area contributed by atoms with Gasteiger partial charge in [0.05, 0.1) is 84.5 Å². The summed E-state index contributed by atoms with van der Waals surface area (Å²) in [6, 6.07) is 156. The molecule has 0 bridgehead atoms. The summed E-state index contributed by atoms with van der Waals surface area (Å²) in [7, 11) is 0. The van der Waals surface area contributed by atoms with Gasteiger partial charge in [0.25, 0.3) is 0 Å². The van der Waals surface area contributed by atoms with Crippen LogP contribution in [0, 0.1) is 0 Å². The molecule has 0 saturated carbocycles. The summed E-state index contributed by atoms with van der Waals surface area (Å²) >= 11 is 0. The van der Waals surface area contributed by atoms with Crippen molar-refractivity contribution in [2.24, 2.45) is 0 Å².